The SMILES string of the molecule is COc1nc(NC(=O)Cc2ccc(Cl)cc2CO)ccc1C[C@H]1COC(=O)N1. The number of rotatable bonds is 7. The summed E-state index contributed by atoms with van der Waals surface area (Å²) in [6.07, 6.45) is 0.135. The van der Waals surface area contributed by atoms with E-state index < -0.39 is 6.09 Å². The van der Waals surface area contributed by atoms with Crippen LogP contribution >= 0.6 is 11.6 Å². The van der Waals surface area contributed by atoms with Gasteiger partial charge in [-0.05, 0) is 35.4 Å². The molecular formula is C19H20ClN3O5. The summed E-state index contributed by atoms with van der Waals surface area (Å²) in [6.45, 7) is 0.0835. The van der Waals surface area contributed by atoms with Gasteiger partial charge in [-0.1, -0.05) is 17.7 Å². The summed E-state index contributed by atoms with van der Waals surface area (Å²) in [4.78, 5) is 27.8. The number of aromatic nitrogens is 1. The van der Waals surface area contributed by atoms with Crippen LogP contribution in [-0.2, 0) is 29.0 Å². The number of benzene rings is 1. The Morgan fingerprint density at radius 1 is 1.36 bits per heavy atom. The van der Waals surface area contributed by atoms with Gasteiger partial charge in [0.1, 0.15) is 12.4 Å². The minimum absolute atomic E-state index is 0.0737. The first-order valence-electron chi connectivity index (χ1n) is 8.63. The van der Waals surface area contributed by atoms with E-state index in [9.17, 15) is 14.7 Å². The predicted octanol–water partition coefficient (Wildman–Crippen LogP) is 2.07. The predicted molar refractivity (Wildman–Crippen MR) is 102 cm³/mol. The third-order valence-corrected chi connectivity index (χ3v) is 4.53. The standard InChI is InChI=1S/C19H20ClN3O5/c1-27-18-12(7-15-10-28-19(26)21-15)3-5-16(23-18)22-17(25)8-11-2-4-14(20)6-13(11)9-24/h2-6,15,24H,7-10H2,1H3,(H,21,26)(H,22,23,25)/t15-/m0/s1. The van der Waals surface area contributed by atoms with E-state index in [0.29, 0.717) is 34.3 Å². The van der Waals surface area contributed by atoms with Crippen molar-refractivity contribution in [3.63, 3.8) is 0 Å². The lowest BCUT2D eigenvalue weighted by Gasteiger charge is -2.13. The first kappa shape index (κ1) is 19.9. The van der Waals surface area contributed by atoms with E-state index in [4.69, 9.17) is 21.1 Å². The third-order valence-electron chi connectivity index (χ3n) is 4.29. The zero-order valence-electron chi connectivity index (χ0n) is 15.2. The molecular weight excluding hydrogens is 386 g/mol. The van der Waals surface area contributed by atoms with Crippen LogP contribution < -0.4 is 15.4 Å². The minimum atomic E-state index is -0.440. The molecule has 3 rings (SSSR count). The molecule has 0 bridgehead atoms. The van der Waals surface area contributed by atoms with Gasteiger partial charge in [0, 0.05) is 17.0 Å². The van der Waals surface area contributed by atoms with Gasteiger partial charge in [0.25, 0.3) is 0 Å². The molecule has 1 aliphatic rings. The molecule has 2 amide bonds. The molecule has 2 heterocycles. The fourth-order valence-corrected chi connectivity index (χ4v) is 3.14. The highest BCUT2D eigenvalue weighted by atomic mass is 35.5. The number of methoxy groups -OCH3 is 1. The van der Waals surface area contributed by atoms with Crippen molar-refractivity contribution in [2.45, 2.75) is 25.5 Å². The van der Waals surface area contributed by atoms with E-state index in [1.54, 1.807) is 30.3 Å². The number of carbonyl (C=O) groups excluding carboxylic acids is 2. The lowest BCUT2D eigenvalue weighted by molar-refractivity contribution is -0.115. The van der Waals surface area contributed by atoms with E-state index in [0.717, 1.165) is 5.56 Å². The topological polar surface area (TPSA) is 110 Å². The molecule has 1 saturated heterocycles. The van der Waals surface area contributed by atoms with Gasteiger partial charge >= 0.3 is 6.09 Å². The Balaban J connectivity index is 1.67. The van der Waals surface area contributed by atoms with Crippen molar-refractivity contribution in [3.05, 3.63) is 52.0 Å². The number of aliphatic hydroxyl groups is 1. The molecule has 2 aromatic rings. The Hall–Kier alpha value is -2.84. The quantitative estimate of drug-likeness (QED) is 0.650. The van der Waals surface area contributed by atoms with Gasteiger partial charge in [0.2, 0.25) is 11.8 Å². The van der Waals surface area contributed by atoms with Crippen LogP contribution in [0.1, 0.15) is 16.7 Å². The van der Waals surface area contributed by atoms with Crippen LogP contribution in [0.15, 0.2) is 30.3 Å². The van der Waals surface area contributed by atoms with Crippen LogP contribution in [0.3, 0.4) is 0 Å². The number of halogens is 1. The monoisotopic (exact) mass is 405 g/mol. The lowest BCUT2D eigenvalue weighted by Crippen LogP contribution is -2.28. The summed E-state index contributed by atoms with van der Waals surface area (Å²) < 4.78 is 10.2. The third kappa shape index (κ3) is 4.90. The first-order chi connectivity index (χ1) is 13.5. The van der Waals surface area contributed by atoms with Gasteiger partial charge in [-0.3, -0.25) is 4.79 Å². The van der Waals surface area contributed by atoms with Gasteiger partial charge in [-0.2, -0.15) is 4.98 Å². The highest BCUT2D eigenvalue weighted by Gasteiger charge is 2.24. The molecule has 28 heavy (non-hydrogen) atoms. The molecule has 1 aromatic carbocycles. The molecule has 3 N–H and O–H groups in total. The fourth-order valence-electron chi connectivity index (χ4n) is 2.95. The summed E-state index contributed by atoms with van der Waals surface area (Å²) in [5.41, 5.74) is 2.07. The van der Waals surface area contributed by atoms with E-state index in [2.05, 4.69) is 15.6 Å². The van der Waals surface area contributed by atoms with Crippen molar-refractivity contribution in [1.29, 1.82) is 0 Å². The molecule has 0 saturated carbocycles. The average molecular weight is 406 g/mol. The Kier molecular flexibility index (Phi) is 6.33. The van der Waals surface area contributed by atoms with Crippen LogP contribution in [-0.4, -0.2) is 41.8 Å². The number of amides is 2. The molecule has 1 aromatic heterocycles. The molecule has 0 radical (unpaired) electrons. The van der Waals surface area contributed by atoms with Crippen molar-refractivity contribution >= 4 is 29.4 Å². The number of alkyl carbamates (subject to hydrolysis) is 1. The van der Waals surface area contributed by atoms with Gasteiger partial charge in [0.15, 0.2) is 0 Å². The van der Waals surface area contributed by atoms with Crippen LogP contribution in [0, 0.1) is 0 Å². The maximum atomic E-state index is 12.4. The highest BCUT2D eigenvalue weighted by molar-refractivity contribution is 6.30. The molecule has 1 atom stereocenters. The Bertz CT molecular complexity index is 890. The van der Waals surface area contributed by atoms with Crippen LogP contribution in [0.5, 0.6) is 5.88 Å². The molecule has 0 spiro atoms. The normalized spacial score (nSPS) is 15.7. The number of pyridine rings is 1. The Morgan fingerprint density at radius 2 is 2.14 bits per heavy atom. The number of hydrogen-bond acceptors (Lipinski definition) is 6. The zero-order chi connectivity index (χ0) is 20.1. The van der Waals surface area contributed by atoms with Gasteiger partial charge < -0.3 is 25.2 Å². The number of cyclic esters (lactones) is 1. The molecule has 148 valence electrons. The maximum absolute atomic E-state index is 12.4. The molecule has 1 aliphatic heterocycles. The highest BCUT2D eigenvalue weighted by Crippen LogP contribution is 2.22. The number of aliphatic hydroxyl groups excluding tert-OH is 1. The lowest BCUT2D eigenvalue weighted by atomic mass is 10.0. The van der Waals surface area contributed by atoms with E-state index >= 15 is 0 Å². The maximum Gasteiger partial charge on any atom is 0.407 e. The van der Waals surface area contributed by atoms with E-state index in [-0.39, 0.29) is 31.6 Å². The Morgan fingerprint density at radius 3 is 2.82 bits per heavy atom. The summed E-state index contributed by atoms with van der Waals surface area (Å²) in [5, 5.41) is 15.3. The van der Waals surface area contributed by atoms with Crippen molar-refractivity contribution in [3.8, 4) is 5.88 Å². The van der Waals surface area contributed by atoms with Crippen LogP contribution in [0.4, 0.5) is 10.6 Å². The first-order valence-corrected chi connectivity index (χ1v) is 9.01. The zero-order valence-corrected chi connectivity index (χ0v) is 16.0. The average Bonchev–Trinajstić information content (AvgIpc) is 3.09. The van der Waals surface area contributed by atoms with Crippen LogP contribution in [0.2, 0.25) is 5.02 Å². The van der Waals surface area contributed by atoms with E-state index in [1.165, 1.54) is 7.11 Å². The molecule has 0 aliphatic carbocycles. The second-order valence-corrected chi connectivity index (χ2v) is 6.74. The smallest absolute Gasteiger partial charge is 0.407 e. The van der Waals surface area contributed by atoms with Crippen molar-refractivity contribution < 1.29 is 24.2 Å². The largest absolute Gasteiger partial charge is 0.481 e. The fraction of sp³-hybridized carbons (Fsp3) is 0.316. The summed E-state index contributed by atoms with van der Waals surface area (Å²) >= 11 is 5.91. The molecule has 8 nitrogen and oxygen atoms in total. The van der Waals surface area contributed by atoms with Gasteiger partial charge in [0.05, 0.1) is 26.2 Å². The number of anilines is 1. The van der Waals surface area contributed by atoms with Crippen molar-refractivity contribution in [2.24, 2.45) is 0 Å². The van der Waals surface area contributed by atoms with Crippen molar-refractivity contribution in [1.82, 2.24) is 10.3 Å². The number of nitrogens with zero attached hydrogens (tertiary/aromatic N) is 1. The molecule has 9 heteroatoms. The molecule has 1 fully saturated rings. The van der Waals surface area contributed by atoms with Crippen molar-refractivity contribution in [2.75, 3.05) is 19.0 Å². The molecule has 0 unspecified atom stereocenters. The second-order valence-electron chi connectivity index (χ2n) is 6.30. The summed E-state index contributed by atoms with van der Waals surface area (Å²) in [7, 11) is 1.49. The Labute approximate surface area is 166 Å². The van der Waals surface area contributed by atoms with Crippen LogP contribution in [0.25, 0.3) is 0 Å². The number of nitrogens with one attached hydrogen (secondary N) is 2. The number of ether oxygens (including phenoxy) is 2. The number of hydrogen-bond donors (Lipinski definition) is 3. The number of carbonyl (C=O) groups is 2. The van der Waals surface area contributed by atoms with Gasteiger partial charge in [-0.15, -0.1) is 0 Å². The second kappa shape index (κ2) is 8.90. The minimum Gasteiger partial charge on any atom is -0.481 e. The summed E-state index contributed by atoms with van der Waals surface area (Å²) in [5.74, 6) is 0.425. The van der Waals surface area contributed by atoms with Gasteiger partial charge in [-0.25, -0.2) is 4.79 Å². The van der Waals surface area contributed by atoms with E-state index in [1.807, 2.05) is 0 Å². The summed E-state index contributed by atoms with van der Waals surface area (Å²) in [6, 6.07) is 8.32.